The third-order valence-corrected chi connectivity index (χ3v) is 1.28. The van der Waals surface area contributed by atoms with E-state index in [-0.39, 0.29) is 5.82 Å². The molecule has 0 aliphatic rings. The van der Waals surface area contributed by atoms with Crippen LogP contribution < -0.4 is 5.73 Å². The van der Waals surface area contributed by atoms with Crippen molar-refractivity contribution in [1.82, 2.24) is 9.97 Å². The molecule has 1 rings (SSSR count). The van der Waals surface area contributed by atoms with E-state index in [1.807, 2.05) is 0 Å². The molecule has 0 unspecified atom stereocenters. The Hall–Kier alpha value is -0.970. The van der Waals surface area contributed by atoms with Gasteiger partial charge in [0.15, 0.2) is 0 Å². The first-order valence-electron chi connectivity index (χ1n) is 3.20. The fourth-order valence-electron chi connectivity index (χ4n) is 0.712. The lowest BCUT2D eigenvalue weighted by atomic mass is 10.2. The summed E-state index contributed by atoms with van der Waals surface area (Å²) in [6, 6.07) is 0. The van der Waals surface area contributed by atoms with Gasteiger partial charge in [0.25, 0.3) is 5.92 Å². The van der Waals surface area contributed by atoms with Crippen molar-refractivity contribution in [2.24, 2.45) is 5.73 Å². The number of halogens is 2. The standard InChI is InChI=1S/C6H9F2N3/c7-6(8,4-9)3-5-10-1-2-11-5/h1-2H,3-4,9H2,(H,10,11). The Labute approximate surface area is 62.6 Å². The molecule has 0 aliphatic carbocycles. The average molecular weight is 161 g/mol. The fourth-order valence-corrected chi connectivity index (χ4v) is 0.712. The van der Waals surface area contributed by atoms with Gasteiger partial charge in [0.1, 0.15) is 5.82 Å². The number of aromatic nitrogens is 2. The third kappa shape index (κ3) is 2.27. The summed E-state index contributed by atoms with van der Waals surface area (Å²) in [5.74, 6) is -2.59. The van der Waals surface area contributed by atoms with E-state index >= 15 is 0 Å². The van der Waals surface area contributed by atoms with Crippen LogP contribution in [-0.2, 0) is 6.42 Å². The Kier molecular flexibility index (Phi) is 2.19. The van der Waals surface area contributed by atoms with Gasteiger partial charge in [-0.05, 0) is 0 Å². The van der Waals surface area contributed by atoms with Crippen LogP contribution >= 0.6 is 0 Å². The summed E-state index contributed by atoms with van der Waals surface area (Å²) in [7, 11) is 0. The van der Waals surface area contributed by atoms with Crippen LogP contribution in [0.1, 0.15) is 5.82 Å². The molecular weight excluding hydrogens is 152 g/mol. The first-order valence-corrected chi connectivity index (χ1v) is 3.20. The number of alkyl halides is 2. The molecule has 0 saturated carbocycles. The second-order valence-electron chi connectivity index (χ2n) is 2.27. The highest BCUT2D eigenvalue weighted by Crippen LogP contribution is 2.15. The number of H-pyrrole nitrogens is 1. The lowest BCUT2D eigenvalue weighted by molar-refractivity contribution is 0.00970. The van der Waals surface area contributed by atoms with Crippen molar-refractivity contribution >= 4 is 0 Å². The highest BCUT2D eigenvalue weighted by molar-refractivity contribution is 4.92. The maximum absolute atomic E-state index is 12.5. The van der Waals surface area contributed by atoms with Gasteiger partial charge in [-0.2, -0.15) is 0 Å². The second-order valence-corrected chi connectivity index (χ2v) is 2.27. The van der Waals surface area contributed by atoms with E-state index in [2.05, 4.69) is 9.97 Å². The van der Waals surface area contributed by atoms with Crippen molar-refractivity contribution in [2.45, 2.75) is 12.3 Å². The zero-order chi connectivity index (χ0) is 8.32. The number of rotatable bonds is 3. The Morgan fingerprint density at radius 2 is 2.36 bits per heavy atom. The quantitative estimate of drug-likeness (QED) is 0.680. The summed E-state index contributed by atoms with van der Waals surface area (Å²) in [5.41, 5.74) is 4.83. The lowest BCUT2D eigenvalue weighted by Gasteiger charge is -2.10. The van der Waals surface area contributed by atoms with Crippen LogP contribution in [0.3, 0.4) is 0 Å². The molecule has 1 heterocycles. The minimum atomic E-state index is -2.85. The molecule has 5 heteroatoms. The predicted octanol–water partition coefficient (Wildman–Crippen LogP) is 0.546. The van der Waals surface area contributed by atoms with Gasteiger partial charge in [-0.3, -0.25) is 0 Å². The fraction of sp³-hybridized carbons (Fsp3) is 0.500. The van der Waals surface area contributed by atoms with Gasteiger partial charge in [-0.1, -0.05) is 0 Å². The van der Waals surface area contributed by atoms with Crippen molar-refractivity contribution in [3.8, 4) is 0 Å². The van der Waals surface area contributed by atoms with E-state index in [4.69, 9.17) is 5.73 Å². The SMILES string of the molecule is NCC(F)(F)Cc1ncc[nH]1. The number of hydrogen-bond donors (Lipinski definition) is 2. The van der Waals surface area contributed by atoms with E-state index in [0.29, 0.717) is 0 Å². The van der Waals surface area contributed by atoms with E-state index in [1.54, 1.807) is 0 Å². The van der Waals surface area contributed by atoms with E-state index in [1.165, 1.54) is 12.4 Å². The monoisotopic (exact) mass is 161 g/mol. The third-order valence-electron chi connectivity index (χ3n) is 1.28. The van der Waals surface area contributed by atoms with Crippen molar-refractivity contribution in [2.75, 3.05) is 6.54 Å². The maximum Gasteiger partial charge on any atom is 0.267 e. The summed E-state index contributed by atoms with van der Waals surface area (Å²) in [4.78, 5) is 6.24. The number of nitrogens with zero attached hydrogens (tertiary/aromatic N) is 1. The minimum absolute atomic E-state index is 0.264. The molecule has 11 heavy (non-hydrogen) atoms. The highest BCUT2D eigenvalue weighted by Gasteiger charge is 2.27. The molecule has 1 aromatic heterocycles. The van der Waals surface area contributed by atoms with Crippen molar-refractivity contribution in [3.05, 3.63) is 18.2 Å². The largest absolute Gasteiger partial charge is 0.348 e. The molecule has 0 bridgehead atoms. The molecule has 1 aromatic rings. The van der Waals surface area contributed by atoms with Gasteiger partial charge >= 0.3 is 0 Å². The maximum atomic E-state index is 12.5. The number of aromatic amines is 1. The van der Waals surface area contributed by atoms with Gasteiger partial charge in [0, 0.05) is 12.4 Å². The molecule has 0 aliphatic heterocycles. The van der Waals surface area contributed by atoms with Gasteiger partial charge in [-0.15, -0.1) is 0 Å². The topological polar surface area (TPSA) is 54.7 Å². The molecule has 0 fully saturated rings. The van der Waals surface area contributed by atoms with Crippen LogP contribution in [0.5, 0.6) is 0 Å². The first-order chi connectivity index (χ1) is 5.14. The summed E-state index contributed by atoms with van der Waals surface area (Å²) < 4.78 is 25.1. The van der Waals surface area contributed by atoms with Crippen LogP contribution in [0.2, 0.25) is 0 Å². The predicted molar refractivity (Wildman–Crippen MR) is 36.3 cm³/mol. The number of nitrogens with two attached hydrogens (primary N) is 1. The number of imidazole rings is 1. The Bertz CT molecular complexity index is 208. The molecule has 0 spiro atoms. The van der Waals surface area contributed by atoms with Crippen LogP contribution in [0.25, 0.3) is 0 Å². The molecule has 0 saturated heterocycles. The second kappa shape index (κ2) is 2.96. The summed E-state index contributed by atoms with van der Waals surface area (Å²) >= 11 is 0. The van der Waals surface area contributed by atoms with Crippen molar-refractivity contribution < 1.29 is 8.78 Å². The molecule has 3 nitrogen and oxygen atoms in total. The zero-order valence-corrected chi connectivity index (χ0v) is 5.85. The van der Waals surface area contributed by atoms with Crippen molar-refractivity contribution in [1.29, 1.82) is 0 Å². The van der Waals surface area contributed by atoms with Gasteiger partial charge in [0.2, 0.25) is 0 Å². The Morgan fingerprint density at radius 3 is 2.82 bits per heavy atom. The molecule has 62 valence electrons. The molecule has 0 amide bonds. The van der Waals surface area contributed by atoms with E-state index in [9.17, 15) is 8.78 Å². The van der Waals surface area contributed by atoms with Gasteiger partial charge in [-0.25, -0.2) is 13.8 Å². The van der Waals surface area contributed by atoms with Gasteiger partial charge < -0.3 is 10.7 Å². The Balaban J connectivity index is 2.56. The summed E-state index contributed by atoms with van der Waals surface area (Å²) in [5, 5.41) is 0. The molecular formula is C6H9F2N3. The van der Waals surface area contributed by atoms with Crippen molar-refractivity contribution in [3.63, 3.8) is 0 Å². The molecule has 0 radical (unpaired) electrons. The molecule has 3 N–H and O–H groups in total. The van der Waals surface area contributed by atoms with Crippen LogP contribution in [0.15, 0.2) is 12.4 Å². The molecule has 0 aromatic carbocycles. The highest BCUT2D eigenvalue weighted by atomic mass is 19.3. The zero-order valence-electron chi connectivity index (χ0n) is 5.85. The van der Waals surface area contributed by atoms with E-state index in [0.717, 1.165) is 0 Å². The first kappa shape index (κ1) is 8.13. The number of hydrogen-bond acceptors (Lipinski definition) is 2. The normalized spacial score (nSPS) is 11.9. The van der Waals surface area contributed by atoms with Gasteiger partial charge in [0.05, 0.1) is 13.0 Å². The summed E-state index contributed by atoms with van der Waals surface area (Å²) in [6.45, 7) is -0.645. The smallest absolute Gasteiger partial charge is 0.267 e. The van der Waals surface area contributed by atoms with Crippen LogP contribution in [0, 0.1) is 0 Å². The Morgan fingerprint density at radius 1 is 1.64 bits per heavy atom. The van der Waals surface area contributed by atoms with Crippen LogP contribution in [-0.4, -0.2) is 22.4 Å². The van der Waals surface area contributed by atoms with Crippen LogP contribution in [0.4, 0.5) is 8.78 Å². The number of nitrogens with one attached hydrogen (secondary N) is 1. The minimum Gasteiger partial charge on any atom is -0.348 e. The summed E-state index contributed by atoms with van der Waals surface area (Å²) in [6.07, 6.45) is 2.51. The lowest BCUT2D eigenvalue weighted by Crippen LogP contribution is -2.30. The molecule has 0 atom stereocenters. The average Bonchev–Trinajstić information content (AvgIpc) is 2.39. The van der Waals surface area contributed by atoms with E-state index < -0.39 is 18.9 Å².